The van der Waals surface area contributed by atoms with Crippen molar-refractivity contribution in [1.82, 2.24) is 9.88 Å². The van der Waals surface area contributed by atoms with Crippen LogP contribution in [0.5, 0.6) is 0 Å². The molecule has 0 saturated carbocycles. The fourth-order valence-corrected chi connectivity index (χ4v) is 5.69. The topological polar surface area (TPSA) is 106 Å². The van der Waals surface area contributed by atoms with Gasteiger partial charge < -0.3 is 19.5 Å². The number of thiazole rings is 1. The lowest BCUT2D eigenvalue weighted by Gasteiger charge is -2.36. The van der Waals surface area contributed by atoms with Crippen LogP contribution in [0.1, 0.15) is 65.1 Å². The van der Waals surface area contributed by atoms with Gasteiger partial charge in [0.05, 0.1) is 34.6 Å². The van der Waals surface area contributed by atoms with Gasteiger partial charge in [-0.25, -0.2) is 9.78 Å². The second kappa shape index (κ2) is 15.9. The van der Waals surface area contributed by atoms with E-state index in [1.807, 2.05) is 51.3 Å². The van der Waals surface area contributed by atoms with Crippen LogP contribution in [0.3, 0.4) is 0 Å². The number of allylic oxidation sites excluding steroid dienone is 3. The Morgan fingerprint density at radius 3 is 2.49 bits per heavy atom. The summed E-state index contributed by atoms with van der Waals surface area (Å²) in [7, 11) is 1.69. The minimum atomic E-state index is -1.82. The number of aromatic nitrogens is 1. The van der Waals surface area contributed by atoms with Crippen LogP contribution in [0.15, 0.2) is 34.8 Å². The molecule has 1 N–H and O–H groups in total. The van der Waals surface area contributed by atoms with Crippen molar-refractivity contribution in [2.24, 2.45) is 23.2 Å². The van der Waals surface area contributed by atoms with Crippen LogP contribution in [0.25, 0.3) is 6.08 Å². The first-order chi connectivity index (χ1) is 19.8. The van der Waals surface area contributed by atoms with Gasteiger partial charge in [0.25, 0.3) is 0 Å². The number of aliphatic hydroxyl groups excluding tert-OH is 1. The normalized spacial score (nSPS) is 28.7. The first-order valence-electron chi connectivity index (χ1n) is 14.1. The van der Waals surface area contributed by atoms with E-state index in [4.69, 9.17) is 44.3 Å². The van der Waals surface area contributed by atoms with Gasteiger partial charge in [0.1, 0.15) is 18.5 Å². The molecule has 240 valence electrons. The number of nitrogens with zero attached hydrogens (tertiary/aromatic N) is 2. The van der Waals surface area contributed by atoms with Gasteiger partial charge in [-0.2, -0.15) is 0 Å². The number of alkyl halides is 3. The molecule has 1 aromatic rings. The first-order valence-corrected chi connectivity index (χ1v) is 16.1. The molecular formula is C31H43Cl3N2O6S. The maximum atomic E-state index is 13.8. The van der Waals surface area contributed by atoms with Gasteiger partial charge in [0, 0.05) is 24.9 Å². The standard InChI is InChI=1S/C31H43Cl3N2O6S/c1-18-10-9-11-19(2)27(42-29(40)41-17-31(32,33)34)21(4)28(39)30(6,7)25(37)14-26(38)36(8)15-23(12-18)20(3)13-24-16-43-22(5)35-24/h9-10,12-13,16,19,21,23,25,27,37H,11,14-15,17H2,1-8H3/b10-9+,18-12+,20-13+/t19-,21+,23+,25-,27-/m0/s1. The SMILES string of the molecule is CC1=C\[C@@H](/C(C)=C/c2csc(C)n2)CN(C)C(=O)C[C@H](O)C(C)(C)C(=O)[C@H](C)[C@@H](OC(=O)OCC(Cl)(Cl)Cl)[C@@H](C)C\C=C\1. The van der Waals surface area contributed by atoms with Crippen LogP contribution in [0.2, 0.25) is 0 Å². The van der Waals surface area contributed by atoms with Crippen molar-refractivity contribution in [3.05, 3.63) is 45.5 Å². The maximum absolute atomic E-state index is 13.8. The average molecular weight is 678 g/mol. The van der Waals surface area contributed by atoms with Crippen LogP contribution in [0, 0.1) is 30.1 Å². The Labute approximate surface area is 274 Å². The molecule has 0 radical (unpaired) electrons. The fraction of sp³-hybridized carbons (Fsp3) is 0.613. The van der Waals surface area contributed by atoms with E-state index in [1.54, 1.807) is 44.1 Å². The molecule has 0 aliphatic carbocycles. The highest BCUT2D eigenvalue weighted by Crippen LogP contribution is 2.34. The predicted molar refractivity (Wildman–Crippen MR) is 173 cm³/mol. The monoisotopic (exact) mass is 676 g/mol. The minimum Gasteiger partial charge on any atom is -0.430 e. The predicted octanol–water partition coefficient (Wildman–Crippen LogP) is 7.35. The van der Waals surface area contributed by atoms with Crippen molar-refractivity contribution in [1.29, 1.82) is 0 Å². The Morgan fingerprint density at radius 2 is 1.91 bits per heavy atom. The molecule has 2 rings (SSSR count). The Kier molecular flexibility index (Phi) is 13.8. The largest absolute Gasteiger partial charge is 0.508 e. The third kappa shape index (κ3) is 11.5. The van der Waals surface area contributed by atoms with Crippen LogP contribution >= 0.6 is 46.1 Å². The molecule has 8 nitrogen and oxygen atoms in total. The molecule has 1 amide bonds. The van der Waals surface area contributed by atoms with Crippen LogP contribution in [0.4, 0.5) is 4.79 Å². The molecule has 1 aliphatic rings. The quantitative estimate of drug-likeness (QED) is 0.263. The summed E-state index contributed by atoms with van der Waals surface area (Å²) in [6.45, 7) is 12.5. The smallest absolute Gasteiger partial charge is 0.430 e. The number of amides is 1. The average Bonchev–Trinajstić information content (AvgIpc) is 3.32. The van der Waals surface area contributed by atoms with Gasteiger partial charge in [-0.3, -0.25) is 9.59 Å². The van der Waals surface area contributed by atoms with Crippen molar-refractivity contribution >= 4 is 70.1 Å². The molecule has 0 saturated heterocycles. The van der Waals surface area contributed by atoms with Crippen molar-refractivity contribution in [3.63, 3.8) is 0 Å². The number of rotatable bonds is 4. The number of aryl methyl sites for hydroxylation is 1. The summed E-state index contributed by atoms with van der Waals surface area (Å²) >= 11 is 18.7. The molecule has 5 atom stereocenters. The summed E-state index contributed by atoms with van der Waals surface area (Å²) in [5.41, 5.74) is 1.54. The number of ether oxygens (including phenoxy) is 2. The van der Waals surface area contributed by atoms with E-state index in [0.29, 0.717) is 13.0 Å². The van der Waals surface area contributed by atoms with Crippen molar-refractivity contribution in [3.8, 4) is 0 Å². The summed E-state index contributed by atoms with van der Waals surface area (Å²) in [6, 6.07) is 0. The summed E-state index contributed by atoms with van der Waals surface area (Å²) in [4.78, 5) is 45.7. The number of carbonyl (C=O) groups excluding carboxylic acids is 3. The van der Waals surface area contributed by atoms with Crippen molar-refractivity contribution < 1.29 is 29.0 Å². The number of ketones is 1. The molecule has 1 aromatic heterocycles. The lowest BCUT2D eigenvalue weighted by molar-refractivity contribution is -0.145. The highest BCUT2D eigenvalue weighted by Gasteiger charge is 2.44. The van der Waals surface area contributed by atoms with Crippen LogP contribution in [-0.4, -0.2) is 69.0 Å². The molecule has 0 bridgehead atoms. The number of halogens is 3. The zero-order valence-electron chi connectivity index (χ0n) is 26.0. The second-order valence-corrected chi connectivity index (χ2v) is 15.5. The molecule has 2 heterocycles. The number of hydrogen-bond donors (Lipinski definition) is 1. The molecule has 0 aromatic carbocycles. The summed E-state index contributed by atoms with van der Waals surface area (Å²) < 4.78 is 8.76. The highest BCUT2D eigenvalue weighted by molar-refractivity contribution is 7.09. The molecule has 0 unspecified atom stereocenters. The zero-order chi connectivity index (χ0) is 32.7. The van der Waals surface area contributed by atoms with Gasteiger partial charge in [-0.05, 0) is 39.2 Å². The van der Waals surface area contributed by atoms with E-state index >= 15 is 0 Å². The Morgan fingerprint density at radius 1 is 1.26 bits per heavy atom. The Bertz CT molecular complexity index is 1240. The first kappa shape index (κ1) is 37.3. The van der Waals surface area contributed by atoms with E-state index < -0.39 is 40.1 Å². The van der Waals surface area contributed by atoms with Gasteiger partial charge in [0.15, 0.2) is 0 Å². The van der Waals surface area contributed by atoms with E-state index in [9.17, 15) is 19.5 Å². The third-order valence-corrected chi connectivity index (χ3v) is 8.85. The lowest BCUT2D eigenvalue weighted by atomic mass is 9.73. The molecule has 12 heteroatoms. The molecule has 43 heavy (non-hydrogen) atoms. The third-order valence-electron chi connectivity index (χ3n) is 7.74. The zero-order valence-corrected chi connectivity index (χ0v) is 29.1. The van der Waals surface area contributed by atoms with E-state index in [2.05, 4.69) is 11.1 Å². The number of Topliss-reactive ketones (excluding diaryl/α,β-unsaturated/α-hetero) is 1. The van der Waals surface area contributed by atoms with Gasteiger partial charge >= 0.3 is 6.16 Å². The van der Waals surface area contributed by atoms with Gasteiger partial charge in [0.2, 0.25) is 9.70 Å². The molecular weight excluding hydrogens is 635 g/mol. The van der Waals surface area contributed by atoms with E-state index in [0.717, 1.165) is 21.8 Å². The highest BCUT2D eigenvalue weighted by atomic mass is 35.6. The number of carbonyl (C=O) groups is 3. The molecule has 1 aliphatic heterocycles. The fourth-order valence-electron chi connectivity index (χ4n) is 4.96. The lowest BCUT2D eigenvalue weighted by Crippen LogP contribution is -2.47. The molecule has 0 fully saturated rings. The number of hydrogen-bond acceptors (Lipinski definition) is 8. The van der Waals surface area contributed by atoms with Crippen LogP contribution < -0.4 is 0 Å². The van der Waals surface area contributed by atoms with E-state index in [-0.39, 0.29) is 29.9 Å². The maximum Gasteiger partial charge on any atom is 0.508 e. The van der Waals surface area contributed by atoms with Crippen LogP contribution in [-0.2, 0) is 19.1 Å². The van der Waals surface area contributed by atoms with Crippen molar-refractivity contribution in [2.75, 3.05) is 20.2 Å². The summed E-state index contributed by atoms with van der Waals surface area (Å²) in [5, 5.41) is 14.1. The summed E-state index contributed by atoms with van der Waals surface area (Å²) in [5.74, 6) is -1.93. The van der Waals surface area contributed by atoms with Crippen molar-refractivity contribution in [2.45, 2.75) is 77.3 Å². The molecule has 0 spiro atoms. The Balaban J connectivity index is 2.47. The van der Waals surface area contributed by atoms with Gasteiger partial charge in [-0.15, -0.1) is 11.3 Å². The van der Waals surface area contributed by atoms with Gasteiger partial charge in [-0.1, -0.05) is 91.9 Å². The second-order valence-electron chi connectivity index (χ2n) is 11.9. The minimum absolute atomic E-state index is 0.124. The Hall–Kier alpha value is -1.91. The summed E-state index contributed by atoms with van der Waals surface area (Å²) in [6.07, 6.45) is 4.99. The number of aliphatic hydroxyl groups is 1. The van der Waals surface area contributed by atoms with E-state index in [1.165, 1.54) is 0 Å².